The fourth-order valence-electron chi connectivity index (χ4n) is 2.00. The molecule has 0 unspecified atom stereocenters. The summed E-state index contributed by atoms with van der Waals surface area (Å²) in [5.74, 6) is -0.843. The van der Waals surface area contributed by atoms with Crippen molar-refractivity contribution in [2.75, 3.05) is 0 Å². The fraction of sp³-hybridized carbons (Fsp3) is 0.417. The van der Waals surface area contributed by atoms with Gasteiger partial charge in [-0.1, -0.05) is 30.3 Å². The molecule has 2 rings (SSSR count). The molecule has 0 saturated heterocycles. The molecule has 15 heavy (non-hydrogen) atoms. The Hall–Kier alpha value is -1.35. The first-order valence-corrected chi connectivity index (χ1v) is 5.12. The van der Waals surface area contributed by atoms with Crippen LogP contribution in [0.1, 0.15) is 24.8 Å². The van der Waals surface area contributed by atoms with Gasteiger partial charge in [-0.25, -0.2) is 0 Å². The molecule has 1 saturated carbocycles. The van der Waals surface area contributed by atoms with Crippen LogP contribution in [0.4, 0.5) is 0 Å². The molecule has 0 aromatic heterocycles. The molecular weight excluding hydrogens is 192 g/mol. The van der Waals surface area contributed by atoms with E-state index in [2.05, 4.69) is 0 Å². The van der Waals surface area contributed by atoms with Crippen LogP contribution in [-0.2, 0) is 10.4 Å². The highest BCUT2D eigenvalue weighted by atomic mass is 16.4. The third kappa shape index (κ3) is 2.02. The van der Waals surface area contributed by atoms with Crippen molar-refractivity contribution in [2.24, 2.45) is 5.92 Å². The summed E-state index contributed by atoms with van der Waals surface area (Å²) in [5, 5.41) is 19.2. The second-order valence-electron chi connectivity index (χ2n) is 4.14. The predicted octanol–water partition coefficient (Wildman–Crippen LogP) is 1.76. The molecule has 0 heterocycles. The molecule has 0 radical (unpaired) electrons. The third-order valence-electron chi connectivity index (χ3n) is 2.95. The number of carboxylic acid groups (broad SMARTS) is 1. The molecule has 1 aliphatic carbocycles. The Balaban J connectivity index is 2.30. The molecule has 1 aromatic carbocycles. The van der Waals surface area contributed by atoms with E-state index in [1.165, 1.54) is 0 Å². The van der Waals surface area contributed by atoms with E-state index in [1.807, 2.05) is 18.2 Å². The fourth-order valence-corrected chi connectivity index (χ4v) is 2.00. The van der Waals surface area contributed by atoms with Gasteiger partial charge in [0.15, 0.2) is 0 Å². The van der Waals surface area contributed by atoms with Crippen molar-refractivity contribution in [3.8, 4) is 0 Å². The molecule has 0 bridgehead atoms. The van der Waals surface area contributed by atoms with Gasteiger partial charge in [-0.2, -0.15) is 0 Å². The monoisotopic (exact) mass is 206 g/mol. The minimum absolute atomic E-state index is 0.107. The van der Waals surface area contributed by atoms with E-state index in [1.54, 1.807) is 12.1 Å². The van der Waals surface area contributed by atoms with Gasteiger partial charge >= 0.3 is 5.97 Å². The Kier molecular flexibility index (Phi) is 2.49. The van der Waals surface area contributed by atoms with E-state index in [-0.39, 0.29) is 12.3 Å². The summed E-state index contributed by atoms with van der Waals surface area (Å²) < 4.78 is 0. The number of aliphatic carboxylic acids is 1. The maximum atomic E-state index is 10.8. The van der Waals surface area contributed by atoms with Crippen LogP contribution < -0.4 is 0 Å². The van der Waals surface area contributed by atoms with E-state index in [0.717, 1.165) is 18.4 Å². The number of hydrogen-bond acceptors (Lipinski definition) is 2. The van der Waals surface area contributed by atoms with Crippen molar-refractivity contribution in [1.29, 1.82) is 0 Å². The molecule has 2 N–H and O–H groups in total. The van der Waals surface area contributed by atoms with Crippen LogP contribution >= 0.6 is 0 Å². The second-order valence-corrected chi connectivity index (χ2v) is 4.14. The molecule has 0 aliphatic heterocycles. The van der Waals surface area contributed by atoms with Gasteiger partial charge in [0.05, 0.1) is 6.42 Å². The first kappa shape index (κ1) is 10.2. The summed E-state index contributed by atoms with van der Waals surface area (Å²) in [4.78, 5) is 10.8. The van der Waals surface area contributed by atoms with Crippen LogP contribution in [0.15, 0.2) is 30.3 Å². The zero-order chi connectivity index (χ0) is 10.9. The van der Waals surface area contributed by atoms with E-state index < -0.39 is 11.6 Å². The summed E-state index contributed by atoms with van der Waals surface area (Å²) in [6, 6.07) is 9.09. The highest BCUT2D eigenvalue weighted by Crippen LogP contribution is 2.47. The first-order chi connectivity index (χ1) is 7.13. The standard InChI is InChI=1S/C12H14O3/c13-11(14)8-12(15,10-6-7-10)9-4-2-1-3-5-9/h1-5,10,15H,6-8H2,(H,13,14)/t12-/m0/s1. The number of carboxylic acids is 1. The molecular formula is C12H14O3. The topological polar surface area (TPSA) is 57.5 Å². The van der Waals surface area contributed by atoms with Gasteiger partial charge in [0, 0.05) is 0 Å². The molecule has 0 spiro atoms. The Morgan fingerprint density at radius 2 is 1.93 bits per heavy atom. The molecule has 0 amide bonds. The lowest BCUT2D eigenvalue weighted by molar-refractivity contribution is -0.144. The summed E-state index contributed by atoms with van der Waals surface area (Å²) in [7, 11) is 0. The van der Waals surface area contributed by atoms with Crippen molar-refractivity contribution in [1.82, 2.24) is 0 Å². The molecule has 1 aliphatic rings. The molecule has 3 nitrogen and oxygen atoms in total. The Morgan fingerprint density at radius 3 is 2.40 bits per heavy atom. The van der Waals surface area contributed by atoms with Crippen LogP contribution in [0.25, 0.3) is 0 Å². The largest absolute Gasteiger partial charge is 0.481 e. The second kappa shape index (κ2) is 3.66. The van der Waals surface area contributed by atoms with E-state index >= 15 is 0 Å². The minimum Gasteiger partial charge on any atom is -0.481 e. The summed E-state index contributed by atoms with van der Waals surface area (Å²) in [6.45, 7) is 0. The van der Waals surface area contributed by atoms with Gasteiger partial charge in [-0.15, -0.1) is 0 Å². The van der Waals surface area contributed by atoms with Gasteiger partial charge in [0.25, 0.3) is 0 Å². The zero-order valence-corrected chi connectivity index (χ0v) is 8.39. The Labute approximate surface area is 88.4 Å². The summed E-state index contributed by atoms with van der Waals surface area (Å²) in [6.07, 6.45) is 1.62. The lowest BCUT2D eigenvalue weighted by Gasteiger charge is -2.26. The highest BCUT2D eigenvalue weighted by Gasteiger charge is 2.46. The summed E-state index contributed by atoms with van der Waals surface area (Å²) in [5.41, 5.74) is -0.456. The van der Waals surface area contributed by atoms with Crippen molar-refractivity contribution in [2.45, 2.75) is 24.9 Å². The number of rotatable bonds is 4. The van der Waals surface area contributed by atoms with E-state index in [9.17, 15) is 9.90 Å². The van der Waals surface area contributed by atoms with Gasteiger partial charge in [-0.3, -0.25) is 4.79 Å². The van der Waals surface area contributed by atoms with Gasteiger partial charge in [-0.05, 0) is 24.3 Å². The smallest absolute Gasteiger partial charge is 0.306 e. The number of carbonyl (C=O) groups is 1. The minimum atomic E-state index is -1.17. The van der Waals surface area contributed by atoms with Crippen LogP contribution in [-0.4, -0.2) is 16.2 Å². The lowest BCUT2D eigenvalue weighted by Crippen LogP contribution is -2.31. The van der Waals surface area contributed by atoms with Crippen LogP contribution in [0.5, 0.6) is 0 Å². The first-order valence-electron chi connectivity index (χ1n) is 5.12. The van der Waals surface area contributed by atoms with Crippen LogP contribution in [0, 0.1) is 5.92 Å². The molecule has 1 atom stereocenters. The molecule has 80 valence electrons. The van der Waals surface area contributed by atoms with Gasteiger partial charge in [0.1, 0.15) is 5.60 Å². The van der Waals surface area contributed by atoms with Crippen molar-refractivity contribution in [3.63, 3.8) is 0 Å². The summed E-state index contributed by atoms with van der Waals surface area (Å²) >= 11 is 0. The maximum Gasteiger partial charge on any atom is 0.306 e. The Bertz CT molecular complexity index is 356. The van der Waals surface area contributed by atoms with Gasteiger partial charge in [0.2, 0.25) is 0 Å². The normalized spacial score (nSPS) is 19.5. The van der Waals surface area contributed by atoms with Crippen molar-refractivity contribution < 1.29 is 15.0 Å². The van der Waals surface area contributed by atoms with E-state index in [0.29, 0.717) is 0 Å². The average Bonchev–Trinajstić information content (AvgIpc) is 3.01. The third-order valence-corrected chi connectivity index (χ3v) is 2.95. The quantitative estimate of drug-likeness (QED) is 0.789. The number of benzene rings is 1. The number of hydrogen-bond donors (Lipinski definition) is 2. The molecule has 1 aromatic rings. The molecule has 1 fully saturated rings. The highest BCUT2D eigenvalue weighted by molar-refractivity contribution is 5.68. The SMILES string of the molecule is O=C(O)C[C@](O)(c1ccccc1)C1CC1. The van der Waals surface area contributed by atoms with Gasteiger partial charge < -0.3 is 10.2 Å². The van der Waals surface area contributed by atoms with E-state index in [4.69, 9.17) is 5.11 Å². The maximum absolute atomic E-state index is 10.8. The predicted molar refractivity (Wildman–Crippen MR) is 55.3 cm³/mol. The van der Waals surface area contributed by atoms with Crippen LogP contribution in [0.3, 0.4) is 0 Å². The number of aliphatic hydroxyl groups is 1. The molecule has 3 heteroatoms. The van der Waals surface area contributed by atoms with Crippen molar-refractivity contribution >= 4 is 5.97 Å². The lowest BCUT2D eigenvalue weighted by atomic mass is 9.86. The zero-order valence-electron chi connectivity index (χ0n) is 8.39. The average molecular weight is 206 g/mol. The Morgan fingerprint density at radius 1 is 1.33 bits per heavy atom. The van der Waals surface area contributed by atoms with Crippen LogP contribution in [0.2, 0.25) is 0 Å². The van der Waals surface area contributed by atoms with Crippen molar-refractivity contribution in [3.05, 3.63) is 35.9 Å².